The minimum atomic E-state index is 0.345. The predicted molar refractivity (Wildman–Crippen MR) is 76.1 cm³/mol. The van der Waals surface area contributed by atoms with Crippen molar-refractivity contribution in [1.29, 1.82) is 0 Å². The highest BCUT2D eigenvalue weighted by Gasteiger charge is 2.08. The van der Waals surface area contributed by atoms with Crippen molar-refractivity contribution in [1.82, 2.24) is 10.3 Å². The molecule has 1 aromatic heterocycles. The third-order valence-corrected chi connectivity index (χ3v) is 3.12. The quantitative estimate of drug-likeness (QED) is 0.719. The summed E-state index contributed by atoms with van der Waals surface area (Å²) in [5.74, 6) is 1.02. The first-order valence-corrected chi connectivity index (χ1v) is 6.68. The fraction of sp³-hybridized carbons (Fsp3) is 0.643. The Morgan fingerprint density at radius 3 is 2.83 bits per heavy atom. The van der Waals surface area contributed by atoms with Gasteiger partial charge in [-0.1, -0.05) is 0 Å². The van der Waals surface area contributed by atoms with Gasteiger partial charge in [-0.05, 0) is 45.5 Å². The van der Waals surface area contributed by atoms with Gasteiger partial charge in [-0.3, -0.25) is 0 Å². The van der Waals surface area contributed by atoms with Gasteiger partial charge in [0.25, 0.3) is 0 Å². The zero-order chi connectivity index (χ0) is 13.4. The number of nitrogens with one attached hydrogen (secondary N) is 1. The van der Waals surface area contributed by atoms with Crippen LogP contribution in [0.15, 0.2) is 18.3 Å². The van der Waals surface area contributed by atoms with Gasteiger partial charge in [0.1, 0.15) is 5.82 Å². The van der Waals surface area contributed by atoms with Crippen molar-refractivity contribution >= 4 is 5.82 Å². The lowest BCUT2D eigenvalue weighted by Gasteiger charge is -2.23. The second kappa shape index (κ2) is 8.06. The maximum Gasteiger partial charge on any atom is 0.128 e. The van der Waals surface area contributed by atoms with E-state index in [2.05, 4.69) is 41.2 Å². The highest BCUT2D eigenvalue weighted by atomic mass is 16.5. The molecule has 0 spiro atoms. The Morgan fingerprint density at radius 1 is 1.44 bits per heavy atom. The molecule has 1 atom stereocenters. The van der Waals surface area contributed by atoms with Gasteiger partial charge in [0.05, 0.1) is 6.61 Å². The molecule has 1 rings (SSSR count). The number of likely N-dealkylation sites (N-methyl/N-ethyl adjacent to an activating group) is 1. The van der Waals surface area contributed by atoms with Crippen molar-refractivity contribution in [3.63, 3.8) is 0 Å². The van der Waals surface area contributed by atoms with E-state index in [1.54, 1.807) is 0 Å². The van der Waals surface area contributed by atoms with Gasteiger partial charge in [-0.15, -0.1) is 0 Å². The van der Waals surface area contributed by atoms with Crippen LogP contribution >= 0.6 is 0 Å². The van der Waals surface area contributed by atoms with E-state index in [1.165, 1.54) is 5.56 Å². The van der Waals surface area contributed by atoms with Gasteiger partial charge >= 0.3 is 0 Å². The second-order valence-electron chi connectivity index (χ2n) is 4.23. The minimum Gasteiger partial charge on any atom is -0.380 e. The van der Waals surface area contributed by atoms with Gasteiger partial charge in [-0.25, -0.2) is 4.98 Å². The first-order chi connectivity index (χ1) is 8.72. The number of rotatable bonds is 8. The van der Waals surface area contributed by atoms with Crippen LogP contribution < -0.4 is 10.2 Å². The molecule has 102 valence electrons. The highest BCUT2D eigenvalue weighted by molar-refractivity contribution is 5.41. The van der Waals surface area contributed by atoms with E-state index < -0.39 is 0 Å². The Kier molecular flexibility index (Phi) is 6.68. The molecule has 0 aliphatic carbocycles. The summed E-state index contributed by atoms with van der Waals surface area (Å²) >= 11 is 0. The van der Waals surface area contributed by atoms with Crippen molar-refractivity contribution in [3.05, 3.63) is 23.9 Å². The third kappa shape index (κ3) is 4.27. The van der Waals surface area contributed by atoms with Crippen molar-refractivity contribution in [2.45, 2.75) is 26.8 Å². The maximum absolute atomic E-state index is 5.40. The lowest BCUT2D eigenvalue weighted by molar-refractivity contribution is 0.154. The van der Waals surface area contributed by atoms with Crippen molar-refractivity contribution in [3.8, 4) is 0 Å². The van der Waals surface area contributed by atoms with Gasteiger partial charge < -0.3 is 15.0 Å². The van der Waals surface area contributed by atoms with E-state index in [-0.39, 0.29) is 0 Å². The summed E-state index contributed by atoms with van der Waals surface area (Å²) in [6, 6.07) is 4.55. The summed E-state index contributed by atoms with van der Waals surface area (Å²) in [6.07, 6.45) is 1.88. The average molecular weight is 251 g/mol. The molecule has 18 heavy (non-hydrogen) atoms. The van der Waals surface area contributed by atoms with Crippen molar-refractivity contribution < 1.29 is 4.74 Å². The second-order valence-corrected chi connectivity index (χ2v) is 4.23. The summed E-state index contributed by atoms with van der Waals surface area (Å²) in [5.41, 5.74) is 1.26. The van der Waals surface area contributed by atoms with Gasteiger partial charge in [-0.2, -0.15) is 0 Å². The summed E-state index contributed by atoms with van der Waals surface area (Å²) in [7, 11) is 1.97. The Hall–Kier alpha value is -1.13. The van der Waals surface area contributed by atoms with E-state index in [9.17, 15) is 0 Å². The number of aromatic nitrogens is 1. The molecule has 1 heterocycles. The van der Waals surface area contributed by atoms with Crippen molar-refractivity contribution in [2.75, 3.05) is 38.3 Å². The van der Waals surface area contributed by atoms with E-state index in [0.717, 1.165) is 32.1 Å². The fourth-order valence-electron chi connectivity index (χ4n) is 1.80. The van der Waals surface area contributed by atoms with Crippen LogP contribution in [-0.2, 0) is 4.74 Å². The van der Waals surface area contributed by atoms with Crippen LogP contribution in [-0.4, -0.2) is 38.3 Å². The van der Waals surface area contributed by atoms with Crippen LogP contribution in [0.4, 0.5) is 5.82 Å². The van der Waals surface area contributed by atoms with E-state index in [1.807, 2.05) is 20.2 Å². The molecule has 0 aliphatic rings. The molecule has 0 aliphatic heterocycles. The number of hydrogen-bond donors (Lipinski definition) is 1. The molecule has 0 radical (unpaired) electrons. The summed E-state index contributed by atoms with van der Waals surface area (Å²) in [6.45, 7) is 9.65. The molecule has 0 amide bonds. The van der Waals surface area contributed by atoms with E-state index in [4.69, 9.17) is 4.74 Å². The first kappa shape index (κ1) is 14.9. The lowest BCUT2D eigenvalue weighted by Crippen LogP contribution is -2.28. The Morgan fingerprint density at radius 2 is 2.22 bits per heavy atom. The monoisotopic (exact) mass is 251 g/mol. The molecule has 0 bridgehead atoms. The van der Waals surface area contributed by atoms with Crippen LogP contribution in [0.25, 0.3) is 0 Å². The molecule has 0 saturated carbocycles. The number of nitrogens with zero attached hydrogens (tertiary/aromatic N) is 2. The van der Waals surface area contributed by atoms with Crippen LogP contribution in [0, 0.1) is 0 Å². The predicted octanol–water partition coefficient (Wildman–Crippen LogP) is 2.22. The minimum absolute atomic E-state index is 0.345. The van der Waals surface area contributed by atoms with Gasteiger partial charge in [0.2, 0.25) is 0 Å². The van der Waals surface area contributed by atoms with Crippen molar-refractivity contribution in [2.24, 2.45) is 0 Å². The average Bonchev–Trinajstić information content (AvgIpc) is 2.43. The Balaban J connectivity index is 2.72. The standard InChI is InChI=1S/C14H25N3O/c1-5-17(9-10-18-6-2)14-11-13(7-8-16-14)12(3)15-4/h7-8,11-12,15H,5-6,9-10H2,1-4H3. The summed E-state index contributed by atoms with van der Waals surface area (Å²) < 4.78 is 5.40. The molecule has 1 unspecified atom stereocenters. The number of hydrogen-bond acceptors (Lipinski definition) is 4. The number of pyridine rings is 1. The zero-order valence-corrected chi connectivity index (χ0v) is 11.9. The Labute approximate surface area is 110 Å². The molecule has 0 aromatic carbocycles. The molecular weight excluding hydrogens is 226 g/mol. The third-order valence-electron chi connectivity index (χ3n) is 3.12. The van der Waals surface area contributed by atoms with Crippen LogP contribution in [0.2, 0.25) is 0 Å². The molecule has 1 aromatic rings. The van der Waals surface area contributed by atoms with Gasteiger partial charge in [0, 0.05) is 31.9 Å². The van der Waals surface area contributed by atoms with Crippen LogP contribution in [0.3, 0.4) is 0 Å². The zero-order valence-electron chi connectivity index (χ0n) is 11.9. The molecule has 1 N–H and O–H groups in total. The topological polar surface area (TPSA) is 37.4 Å². The van der Waals surface area contributed by atoms with E-state index >= 15 is 0 Å². The van der Waals surface area contributed by atoms with E-state index in [0.29, 0.717) is 6.04 Å². The maximum atomic E-state index is 5.40. The van der Waals surface area contributed by atoms with Crippen LogP contribution in [0.5, 0.6) is 0 Å². The molecule has 4 heteroatoms. The molecule has 0 fully saturated rings. The Bertz CT molecular complexity index is 344. The molecular formula is C14H25N3O. The highest BCUT2D eigenvalue weighted by Crippen LogP contribution is 2.17. The molecule has 0 saturated heterocycles. The lowest BCUT2D eigenvalue weighted by atomic mass is 10.1. The summed E-state index contributed by atoms with van der Waals surface area (Å²) in [5, 5.41) is 3.25. The first-order valence-electron chi connectivity index (χ1n) is 6.68. The van der Waals surface area contributed by atoms with Crippen LogP contribution in [0.1, 0.15) is 32.4 Å². The summed E-state index contributed by atoms with van der Waals surface area (Å²) in [4.78, 5) is 6.69. The fourth-order valence-corrected chi connectivity index (χ4v) is 1.80. The number of ether oxygens (including phenoxy) is 1. The largest absolute Gasteiger partial charge is 0.380 e. The van der Waals surface area contributed by atoms with Gasteiger partial charge in [0.15, 0.2) is 0 Å². The smallest absolute Gasteiger partial charge is 0.128 e. The number of anilines is 1. The SMILES string of the molecule is CCOCCN(CC)c1cc(C(C)NC)ccn1. The normalized spacial score (nSPS) is 12.4. The molecule has 4 nitrogen and oxygen atoms in total.